The highest BCUT2D eigenvalue weighted by Crippen LogP contribution is 2.21. The minimum Gasteiger partial charge on any atom is -0.467 e. The van der Waals surface area contributed by atoms with Gasteiger partial charge in [0.15, 0.2) is 0 Å². The van der Waals surface area contributed by atoms with Crippen LogP contribution in [-0.2, 0) is 12.8 Å². The van der Waals surface area contributed by atoms with Crippen molar-refractivity contribution in [2.75, 3.05) is 20.2 Å². The Balaban J connectivity index is 2.43. The van der Waals surface area contributed by atoms with Crippen LogP contribution >= 0.6 is 11.6 Å². The Kier molecular flexibility index (Phi) is 2.84. The molecule has 0 aromatic carbocycles. The fraction of sp³-hybridized carbons (Fsp3) is 0.556. The van der Waals surface area contributed by atoms with Gasteiger partial charge in [-0.05, 0) is 13.0 Å². The monoisotopic (exact) mass is 213 g/mol. The van der Waals surface area contributed by atoms with Crippen LogP contribution in [0.2, 0.25) is 5.15 Å². The average molecular weight is 214 g/mol. The number of methoxy groups -OCH3 is 1. The lowest BCUT2D eigenvalue weighted by Crippen LogP contribution is -2.16. The van der Waals surface area contributed by atoms with E-state index in [2.05, 4.69) is 15.3 Å². The molecule has 0 radical (unpaired) electrons. The molecule has 0 fully saturated rings. The number of fused-ring (bicyclic) bond motifs is 1. The molecule has 1 aromatic heterocycles. The van der Waals surface area contributed by atoms with E-state index in [0.29, 0.717) is 11.2 Å². The molecule has 14 heavy (non-hydrogen) atoms. The zero-order chi connectivity index (χ0) is 9.97. The molecule has 1 aliphatic rings. The highest BCUT2D eigenvalue weighted by Gasteiger charge is 2.15. The first-order valence-corrected chi connectivity index (χ1v) is 4.99. The molecule has 2 rings (SSSR count). The molecule has 0 aliphatic carbocycles. The Morgan fingerprint density at radius 2 is 2.07 bits per heavy atom. The van der Waals surface area contributed by atoms with Crippen molar-refractivity contribution in [1.82, 2.24) is 15.3 Å². The Bertz CT molecular complexity index is 343. The van der Waals surface area contributed by atoms with E-state index in [0.717, 1.165) is 37.2 Å². The van der Waals surface area contributed by atoms with E-state index in [-0.39, 0.29) is 0 Å². The van der Waals surface area contributed by atoms with Crippen molar-refractivity contribution in [2.24, 2.45) is 0 Å². The third-order valence-electron chi connectivity index (χ3n) is 2.29. The number of halogens is 1. The number of hydrogen-bond acceptors (Lipinski definition) is 4. The molecule has 0 bridgehead atoms. The smallest absolute Gasteiger partial charge is 0.317 e. The highest BCUT2D eigenvalue weighted by molar-refractivity contribution is 6.30. The van der Waals surface area contributed by atoms with Gasteiger partial charge in [0.2, 0.25) is 0 Å². The van der Waals surface area contributed by atoms with Crippen LogP contribution in [0.1, 0.15) is 11.3 Å². The molecule has 0 saturated heterocycles. The molecular formula is C9H12ClN3O. The zero-order valence-electron chi connectivity index (χ0n) is 8.01. The van der Waals surface area contributed by atoms with Crippen LogP contribution in [0.3, 0.4) is 0 Å². The molecule has 76 valence electrons. The van der Waals surface area contributed by atoms with Gasteiger partial charge in [-0.1, -0.05) is 11.6 Å². The molecule has 4 nitrogen and oxygen atoms in total. The summed E-state index contributed by atoms with van der Waals surface area (Å²) in [6.45, 7) is 1.87. The lowest BCUT2D eigenvalue weighted by molar-refractivity contribution is 0.377. The van der Waals surface area contributed by atoms with Crippen LogP contribution in [-0.4, -0.2) is 30.2 Å². The third kappa shape index (κ3) is 1.81. The van der Waals surface area contributed by atoms with E-state index < -0.39 is 0 Å². The van der Waals surface area contributed by atoms with Gasteiger partial charge in [-0.2, -0.15) is 9.97 Å². The van der Waals surface area contributed by atoms with Gasteiger partial charge in [0.1, 0.15) is 5.15 Å². The first-order valence-electron chi connectivity index (χ1n) is 4.61. The zero-order valence-corrected chi connectivity index (χ0v) is 8.76. The minimum atomic E-state index is 0.357. The summed E-state index contributed by atoms with van der Waals surface area (Å²) < 4.78 is 4.97. The summed E-state index contributed by atoms with van der Waals surface area (Å²) in [5, 5.41) is 3.82. The van der Waals surface area contributed by atoms with Gasteiger partial charge in [-0.3, -0.25) is 0 Å². The van der Waals surface area contributed by atoms with Gasteiger partial charge < -0.3 is 10.1 Å². The van der Waals surface area contributed by atoms with Gasteiger partial charge in [-0.15, -0.1) is 0 Å². The maximum absolute atomic E-state index is 6.04. The summed E-state index contributed by atoms with van der Waals surface area (Å²) >= 11 is 6.04. The van der Waals surface area contributed by atoms with E-state index in [1.807, 2.05) is 0 Å². The van der Waals surface area contributed by atoms with E-state index >= 15 is 0 Å². The first-order chi connectivity index (χ1) is 6.81. The van der Waals surface area contributed by atoms with Crippen molar-refractivity contribution >= 4 is 11.6 Å². The second-order valence-corrected chi connectivity index (χ2v) is 3.53. The predicted octanol–water partition coefficient (Wildman–Crippen LogP) is 0.827. The van der Waals surface area contributed by atoms with E-state index in [4.69, 9.17) is 16.3 Å². The highest BCUT2D eigenvalue weighted by atomic mass is 35.5. The molecule has 2 heterocycles. The Hall–Kier alpha value is -0.870. The van der Waals surface area contributed by atoms with E-state index in [1.165, 1.54) is 0 Å². The van der Waals surface area contributed by atoms with Gasteiger partial charge in [0.25, 0.3) is 0 Å². The number of rotatable bonds is 1. The second kappa shape index (κ2) is 4.11. The largest absolute Gasteiger partial charge is 0.467 e. The maximum atomic E-state index is 6.04. The number of hydrogen-bond donors (Lipinski definition) is 1. The SMILES string of the molecule is COc1nc(Cl)c2c(n1)CCNCC2. The molecule has 1 N–H and O–H groups in total. The summed E-state index contributed by atoms with van der Waals surface area (Å²) in [4.78, 5) is 8.35. The topological polar surface area (TPSA) is 47.0 Å². The summed E-state index contributed by atoms with van der Waals surface area (Å²) in [6.07, 6.45) is 1.77. The Morgan fingerprint density at radius 1 is 1.29 bits per heavy atom. The van der Waals surface area contributed by atoms with Crippen molar-refractivity contribution in [3.8, 4) is 6.01 Å². The van der Waals surface area contributed by atoms with Crippen LogP contribution in [0.4, 0.5) is 0 Å². The first kappa shape index (κ1) is 9.68. The van der Waals surface area contributed by atoms with Crippen molar-refractivity contribution in [2.45, 2.75) is 12.8 Å². The summed E-state index contributed by atoms with van der Waals surface area (Å²) in [6, 6.07) is 0.357. The maximum Gasteiger partial charge on any atom is 0.317 e. The quantitative estimate of drug-likeness (QED) is 0.702. The summed E-state index contributed by atoms with van der Waals surface area (Å²) in [5.41, 5.74) is 2.06. The second-order valence-electron chi connectivity index (χ2n) is 3.18. The average Bonchev–Trinajstić information content (AvgIpc) is 2.42. The van der Waals surface area contributed by atoms with Crippen molar-refractivity contribution in [3.05, 3.63) is 16.4 Å². The third-order valence-corrected chi connectivity index (χ3v) is 2.61. The van der Waals surface area contributed by atoms with Gasteiger partial charge >= 0.3 is 6.01 Å². The lowest BCUT2D eigenvalue weighted by Gasteiger charge is -2.07. The number of aromatic nitrogens is 2. The molecule has 0 spiro atoms. The molecule has 0 unspecified atom stereocenters. The number of nitrogens with one attached hydrogen (secondary N) is 1. The normalized spacial score (nSPS) is 15.9. The van der Waals surface area contributed by atoms with Gasteiger partial charge in [0.05, 0.1) is 12.8 Å². The lowest BCUT2D eigenvalue weighted by atomic mass is 10.1. The van der Waals surface area contributed by atoms with Gasteiger partial charge in [-0.25, -0.2) is 0 Å². The van der Waals surface area contributed by atoms with Crippen molar-refractivity contribution in [3.63, 3.8) is 0 Å². The molecule has 1 aliphatic heterocycles. The number of nitrogens with zero attached hydrogens (tertiary/aromatic N) is 2. The van der Waals surface area contributed by atoms with E-state index in [1.54, 1.807) is 7.11 Å². The van der Waals surface area contributed by atoms with Crippen LogP contribution in [0, 0.1) is 0 Å². The molecule has 0 amide bonds. The fourth-order valence-corrected chi connectivity index (χ4v) is 1.85. The van der Waals surface area contributed by atoms with Crippen LogP contribution in [0.5, 0.6) is 6.01 Å². The molecule has 5 heteroatoms. The summed E-state index contributed by atoms with van der Waals surface area (Å²) in [5.74, 6) is 0. The predicted molar refractivity (Wildman–Crippen MR) is 53.9 cm³/mol. The fourth-order valence-electron chi connectivity index (χ4n) is 1.57. The number of ether oxygens (including phenoxy) is 1. The molecule has 0 atom stereocenters. The van der Waals surface area contributed by atoms with E-state index in [9.17, 15) is 0 Å². The Labute approximate surface area is 87.7 Å². The van der Waals surface area contributed by atoms with Crippen LogP contribution in [0.15, 0.2) is 0 Å². The van der Waals surface area contributed by atoms with Crippen LogP contribution in [0.25, 0.3) is 0 Å². The van der Waals surface area contributed by atoms with Crippen molar-refractivity contribution in [1.29, 1.82) is 0 Å². The minimum absolute atomic E-state index is 0.357. The van der Waals surface area contributed by atoms with Gasteiger partial charge in [0, 0.05) is 18.5 Å². The standard InChI is InChI=1S/C9H12ClN3O/c1-14-9-12-7-3-5-11-4-2-6(7)8(10)13-9/h11H,2-5H2,1H3. The van der Waals surface area contributed by atoms with Crippen molar-refractivity contribution < 1.29 is 4.74 Å². The summed E-state index contributed by atoms with van der Waals surface area (Å²) in [7, 11) is 1.55. The van der Waals surface area contributed by atoms with Crippen LogP contribution < -0.4 is 10.1 Å². The molecule has 0 saturated carbocycles. The Morgan fingerprint density at radius 3 is 2.86 bits per heavy atom. The molecular weight excluding hydrogens is 202 g/mol. The molecule has 1 aromatic rings.